The summed E-state index contributed by atoms with van der Waals surface area (Å²) >= 11 is 0. The molecule has 2 amide bonds. The van der Waals surface area contributed by atoms with Gasteiger partial charge < -0.3 is 25.3 Å². The number of halogens is 2. The van der Waals surface area contributed by atoms with Crippen LogP contribution in [0.15, 0.2) is 36.4 Å². The van der Waals surface area contributed by atoms with Gasteiger partial charge in [-0.15, -0.1) is 0 Å². The van der Waals surface area contributed by atoms with Crippen LogP contribution < -0.4 is 5.32 Å². The van der Waals surface area contributed by atoms with Gasteiger partial charge in [0.05, 0.1) is 12.1 Å². The standard InChI is InChI=1S/C33H47F2N3O4/c1-5-10-37(20-23-8-9-23)21-30(39)31(40)29(17-24-15-27(34)19-28(35)16-24)36-32(41)25-13-22(4)14-26(18-25)33(42)38(11-6-2)12-7-3/h13-16,18-19,23,29-31,39-40H,5-12,17,20-21H2,1-4H3,(H,36,41)/t29-,30+,31-/m0/s1. The minimum absolute atomic E-state index is 0.104. The highest BCUT2D eigenvalue weighted by Crippen LogP contribution is 2.30. The van der Waals surface area contributed by atoms with Crippen LogP contribution in [0.3, 0.4) is 0 Å². The Morgan fingerprint density at radius 2 is 1.50 bits per heavy atom. The highest BCUT2D eigenvalue weighted by molar-refractivity contribution is 6.00. The summed E-state index contributed by atoms with van der Waals surface area (Å²) < 4.78 is 28.0. The minimum Gasteiger partial charge on any atom is -0.389 e. The smallest absolute Gasteiger partial charge is 0.253 e. The van der Waals surface area contributed by atoms with E-state index in [1.54, 1.807) is 24.0 Å². The summed E-state index contributed by atoms with van der Waals surface area (Å²) in [6, 6.07) is 6.93. The van der Waals surface area contributed by atoms with E-state index in [1.165, 1.54) is 6.07 Å². The summed E-state index contributed by atoms with van der Waals surface area (Å²) in [5, 5.41) is 25.2. The number of aliphatic hydroxyl groups is 2. The summed E-state index contributed by atoms with van der Waals surface area (Å²) in [7, 11) is 0. The third kappa shape index (κ3) is 10.1. The van der Waals surface area contributed by atoms with Gasteiger partial charge in [-0.2, -0.15) is 0 Å². The highest BCUT2D eigenvalue weighted by atomic mass is 19.1. The predicted molar refractivity (Wildman–Crippen MR) is 160 cm³/mol. The van der Waals surface area contributed by atoms with Crippen molar-refractivity contribution in [2.45, 2.75) is 84.5 Å². The predicted octanol–water partition coefficient (Wildman–Crippen LogP) is 4.72. The molecule has 2 aromatic carbocycles. The van der Waals surface area contributed by atoms with Crippen molar-refractivity contribution in [3.63, 3.8) is 0 Å². The largest absolute Gasteiger partial charge is 0.389 e. The lowest BCUT2D eigenvalue weighted by atomic mass is 9.96. The molecule has 0 spiro atoms. The van der Waals surface area contributed by atoms with Gasteiger partial charge >= 0.3 is 0 Å². The summed E-state index contributed by atoms with van der Waals surface area (Å²) in [5.41, 5.74) is 1.58. The van der Waals surface area contributed by atoms with Gasteiger partial charge in [-0.3, -0.25) is 9.59 Å². The van der Waals surface area contributed by atoms with Gasteiger partial charge in [0.15, 0.2) is 0 Å². The first kappa shape index (κ1) is 33.6. The van der Waals surface area contributed by atoms with Gasteiger partial charge in [0.1, 0.15) is 17.7 Å². The van der Waals surface area contributed by atoms with Crippen LogP contribution in [0.2, 0.25) is 0 Å². The van der Waals surface area contributed by atoms with E-state index in [2.05, 4.69) is 17.1 Å². The number of carbonyl (C=O) groups is 2. The van der Waals surface area contributed by atoms with Crippen LogP contribution in [0, 0.1) is 24.5 Å². The van der Waals surface area contributed by atoms with Crippen molar-refractivity contribution >= 4 is 11.8 Å². The Balaban J connectivity index is 1.85. The lowest BCUT2D eigenvalue weighted by molar-refractivity contribution is -0.0213. The second-order valence-corrected chi connectivity index (χ2v) is 11.7. The van der Waals surface area contributed by atoms with Gasteiger partial charge in [0.25, 0.3) is 11.8 Å². The SMILES string of the molecule is CCCN(CC1CC1)C[C@@H](O)[C@@H](O)[C@H](Cc1cc(F)cc(F)c1)NC(=O)c1cc(C)cc(C(=O)N(CCC)CCC)c1. The first-order chi connectivity index (χ1) is 20.0. The molecule has 3 rings (SSSR count). The van der Waals surface area contributed by atoms with Crippen molar-refractivity contribution in [3.8, 4) is 0 Å². The Labute approximate surface area is 248 Å². The minimum atomic E-state index is -1.41. The molecule has 0 radical (unpaired) electrons. The van der Waals surface area contributed by atoms with Crippen LogP contribution in [0.1, 0.15) is 84.7 Å². The van der Waals surface area contributed by atoms with E-state index >= 15 is 0 Å². The Morgan fingerprint density at radius 3 is 2.07 bits per heavy atom. The number of nitrogens with one attached hydrogen (secondary N) is 1. The topological polar surface area (TPSA) is 93.1 Å². The molecule has 0 saturated heterocycles. The summed E-state index contributed by atoms with van der Waals surface area (Å²) in [4.78, 5) is 30.7. The zero-order chi connectivity index (χ0) is 30.8. The van der Waals surface area contributed by atoms with Crippen LogP contribution in [0.4, 0.5) is 8.78 Å². The van der Waals surface area contributed by atoms with Crippen molar-refractivity contribution in [1.29, 1.82) is 0 Å². The van der Waals surface area contributed by atoms with Gasteiger partial charge in [-0.05, 0) is 99.4 Å². The van der Waals surface area contributed by atoms with Gasteiger partial charge in [-0.25, -0.2) is 8.78 Å². The zero-order valence-electron chi connectivity index (χ0n) is 25.4. The molecule has 0 bridgehead atoms. The maximum absolute atomic E-state index is 14.0. The van der Waals surface area contributed by atoms with Crippen LogP contribution in [0.25, 0.3) is 0 Å². The number of hydrogen-bond donors (Lipinski definition) is 3. The zero-order valence-corrected chi connectivity index (χ0v) is 25.4. The Bertz CT molecular complexity index is 1160. The van der Waals surface area contributed by atoms with E-state index in [9.17, 15) is 28.6 Å². The monoisotopic (exact) mass is 587 g/mol. The fourth-order valence-corrected chi connectivity index (χ4v) is 5.45. The van der Waals surface area contributed by atoms with Crippen LogP contribution in [-0.4, -0.2) is 82.8 Å². The van der Waals surface area contributed by atoms with Crippen LogP contribution >= 0.6 is 0 Å². The average molecular weight is 588 g/mol. The molecule has 3 atom stereocenters. The van der Waals surface area contributed by atoms with Gasteiger partial charge in [0, 0.05) is 43.4 Å². The molecule has 2 aromatic rings. The van der Waals surface area contributed by atoms with E-state index in [0.717, 1.165) is 69.0 Å². The molecule has 232 valence electrons. The second-order valence-electron chi connectivity index (χ2n) is 11.7. The molecule has 1 aliphatic carbocycles. The molecule has 1 aliphatic rings. The van der Waals surface area contributed by atoms with Crippen molar-refractivity contribution < 1.29 is 28.6 Å². The summed E-state index contributed by atoms with van der Waals surface area (Å²) in [6.07, 6.45) is 2.10. The van der Waals surface area contributed by atoms with E-state index in [1.807, 2.05) is 13.8 Å². The Kier molecular flexibility index (Phi) is 12.9. The first-order valence-corrected chi connectivity index (χ1v) is 15.3. The molecular weight excluding hydrogens is 540 g/mol. The maximum Gasteiger partial charge on any atom is 0.253 e. The second kappa shape index (κ2) is 16.1. The molecule has 0 aliphatic heterocycles. The molecular formula is C33H47F2N3O4. The van der Waals surface area contributed by atoms with E-state index in [-0.39, 0.29) is 30.0 Å². The number of aryl methyl sites for hydroxylation is 1. The van der Waals surface area contributed by atoms with Crippen molar-refractivity contribution in [1.82, 2.24) is 15.1 Å². The Hall–Kier alpha value is -2.88. The number of rotatable bonds is 17. The number of hydrogen-bond acceptors (Lipinski definition) is 5. The van der Waals surface area contributed by atoms with E-state index < -0.39 is 35.8 Å². The van der Waals surface area contributed by atoms with Gasteiger partial charge in [-0.1, -0.05) is 20.8 Å². The normalized spacial score (nSPS) is 15.4. The fourth-order valence-electron chi connectivity index (χ4n) is 5.45. The number of aliphatic hydroxyl groups excluding tert-OH is 2. The van der Waals surface area contributed by atoms with Crippen LogP contribution in [0.5, 0.6) is 0 Å². The molecule has 0 heterocycles. The third-order valence-corrected chi connectivity index (χ3v) is 7.56. The lowest BCUT2D eigenvalue weighted by Crippen LogP contribution is -2.53. The quantitative estimate of drug-likeness (QED) is 0.249. The van der Waals surface area contributed by atoms with Crippen molar-refractivity contribution in [2.24, 2.45) is 5.92 Å². The first-order valence-electron chi connectivity index (χ1n) is 15.3. The Morgan fingerprint density at radius 1 is 0.905 bits per heavy atom. The van der Waals surface area contributed by atoms with E-state index in [0.29, 0.717) is 24.6 Å². The average Bonchev–Trinajstić information content (AvgIpc) is 3.75. The maximum atomic E-state index is 14.0. The number of amides is 2. The molecule has 1 saturated carbocycles. The summed E-state index contributed by atoms with van der Waals surface area (Å²) in [6.45, 7) is 10.9. The number of nitrogens with zero attached hydrogens (tertiary/aromatic N) is 2. The molecule has 42 heavy (non-hydrogen) atoms. The highest BCUT2D eigenvalue weighted by Gasteiger charge is 2.32. The molecule has 9 heteroatoms. The molecule has 1 fully saturated rings. The third-order valence-electron chi connectivity index (χ3n) is 7.56. The van der Waals surface area contributed by atoms with Crippen molar-refractivity contribution in [2.75, 3.05) is 32.7 Å². The fraction of sp³-hybridized carbons (Fsp3) is 0.576. The number of carbonyl (C=O) groups excluding carboxylic acids is 2. The molecule has 7 nitrogen and oxygen atoms in total. The van der Waals surface area contributed by atoms with E-state index in [4.69, 9.17) is 0 Å². The molecule has 0 unspecified atom stereocenters. The van der Waals surface area contributed by atoms with Crippen molar-refractivity contribution in [3.05, 3.63) is 70.3 Å². The summed E-state index contributed by atoms with van der Waals surface area (Å²) in [5.74, 6) is -1.66. The lowest BCUT2D eigenvalue weighted by Gasteiger charge is -2.32. The van der Waals surface area contributed by atoms with Crippen LogP contribution in [-0.2, 0) is 6.42 Å². The molecule has 3 N–H and O–H groups in total. The van der Waals surface area contributed by atoms with Gasteiger partial charge in [0.2, 0.25) is 0 Å². The molecule has 0 aromatic heterocycles. The number of benzene rings is 2.